The Bertz CT molecular complexity index is 387. The van der Waals surface area contributed by atoms with Crippen LogP contribution in [0.5, 0.6) is 0 Å². The van der Waals surface area contributed by atoms with Crippen molar-refractivity contribution in [2.45, 2.75) is 0 Å². The molecule has 0 aliphatic carbocycles. The molecule has 0 N–H and O–H groups in total. The number of benzene rings is 1. The summed E-state index contributed by atoms with van der Waals surface area (Å²) in [5.41, 5.74) is 1.22. The van der Waals surface area contributed by atoms with Crippen molar-refractivity contribution in [2.75, 3.05) is 0 Å². The van der Waals surface area contributed by atoms with Crippen molar-refractivity contribution in [1.29, 1.82) is 0 Å². The highest BCUT2D eigenvalue weighted by molar-refractivity contribution is 9.11. The van der Waals surface area contributed by atoms with Crippen LogP contribution in [0, 0.1) is 6.07 Å². The molecule has 0 aliphatic heterocycles. The molecule has 1 heterocycles. The maximum absolute atomic E-state index is 3.46. The van der Waals surface area contributed by atoms with E-state index in [1.54, 1.807) is 11.3 Å². The predicted octanol–water partition coefficient (Wildman–Crippen LogP) is 4.74. The van der Waals surface area contributed by atoms with Gasteiger partial charge < -0.3 is 0 Å². The first kappa shape index (κ1) is 9.44. The van der Waals surface area contributed by atoms with E-state index in [4.69, 9.17) is 0 Å². The summed E-state index contributed by atoms with van der Waals surface area (Å²) in [6.07, 6.45) is 0. The Morgan fingerprint density at radius 3 is 2.31 bits per heavy atom. The summed E-state index contributed by atoms with van der Waals surface area (Å²) in [5.74, 6) is 0. The van der Waals surface area contributed by atoms with E-state index in [1.165, 1.54) is 10.4 Å². The van der Waals surface area contributed by atoms with Crippen LogP contribution in [-0.4, -0.2) is 0 Å². The van der Waals surface area contributed by atoms with E-state index < -0.39 is 0 Å². The van der Waals surface area contributed by atoms with Crippen molar-refractivity contribution in [2.24, 2.45) is 0 Å². The number of hydrogen-bond acceptors (Lipinski definition) is 1. The minimum absolute atomic E-state index is 1.09. The molecule has 3 heteroatoms. The third kappa shape index (κ3) is 2.22. The Labute approximate surface area is 97.9 Å². The lowest BCUT2D eigenvalue weighted by Crippen LogP contribution is -1.73. The van der Waals surface area contributed by atoms with Gasteiger partial charge in [-0.15, -0.1) is 11.3 Å². The zero-order valence-electron chi connectivity index (χ0n) is 6.55. The molecule has 1 aromatic heterocycles. The Kier molecular flexibility index (Phi) is 2.86. The Morgan fingerprint density at radius 1 is 1.08 bits per heavy atom. The number of halogens is 2. The highest BCUT2D eigenvalue weighted by atomic mass is 79.9. The van der Waals surface area contributed by atoms with Gasteiger partial charge in [-0.1, -0.05) is 31.9 Å². The van der Waals surface area contributed by atoms with Gasteiger partial charge in [0.15, 0.2) is 0 Å². The zero-order chi connectivity index (χ0) is 9.26. The molecule has 0 saturated carbocycles. The summed E-state index contributed by atoms with van der Waals surface area (Å²) in [4.78, 5) is 1.24. The lowest BCUT2D eigenvalue weighted by Gasteiger charge is -1.99. The average Bonchev–Trinajstić information content (AvgIpc) is 2.53. The van der Waals surface area contributed by atoms with E-state index >= 15 is 0 Å². The van der Waals surface area contributed by atoms with Crippen molar-refractivity contribution in [3.8, 4) is 10.4 Å². The van der Waals surface area contributed by atoms with Crippen LogP contribution in [0.15, 0.2) is 38.6 Å². The van der Waals surface area contributed by atoms with Crippen LogP contribution in [0.4, 0.5) is 0 Å². The van der Waals surface area contributed by atoms with Crippen molar-refractivity contribution in [3.05, 3.63) is 44.7 Å². The molecule has 65 valence electrons. The van der Waals surface area contributed by atoms with Crippen molar-refractivity contribution < 1.29 is 0 Å². The van der Waals surface area contributed by atoms with Crippen molar-refractivity contribution in [3.63, 3.8) is 0 Å². The second-order valence-corrected chi connectivity index (χ2v) is 5.31. The summed E-state index contributed by atoms with van der Waals surface area (Å²) in [7, 11) is 0. The van der Waals surface area contributed by atoms with Crippen LogP contribution in [-0.2, 0) is 0 Å². The molecule has 0 fully saturated rings. The first-order chi connectivity index (χ1) is 6.25. The maximum atomic E-state index is 3.46. The molecule has 0 unspecified atom stereocenters. The number of thiophene rings is 1. The molecule has 2 rings (SSSR count). The van der Waals surface area contributed by atoms with Gasteiger partial charge in [0.25, 0.3) is 0 Å². The lowest BCUT2D eigenvalue weighted by molar-refractivity contribution is 1.60. The van der Waals surface area contributed by atoms with E-state index in [0.717, 1.165) is 8.95 Å². The third-order valence-electron chi connectivity index (χ3n) is 1.62. The molecule has 13 heavy (non-hydrogen) atoms. The first-order valence-corrected chi connectivity index (χ1v) is 6.13. The molecule has 0 amide bonds. The number of hydrogen-bond donors (Lipinski definition) is 0. The monoisotopic (exact) mass is 315 g/mol. The molecule has 0 spiro atoms. The van der Waals surface area contributed by atoms with Gasteiger partial charge in [0.05, 0.1) is 0 Å². The van der Waals surface area contributed by atoms with Gasteiger partial charge in [0, 0.05) is 13.8 Å². The molecule has 1 aromatic carbocycles. The molecule has 1 radical (unpaired) electrons. The molecule has 0 nitrogen and oxygen atoms in total. The molecule has 0 saturated heterocycles. The van der Waals surface area contributed by atoms with Gasteiger partial charge in [-0.25, -0.2) is 0 Å². The van der Waals surface area contributed by atoms with Crippen LogP contribution in [0.25, 0.3) is 10.4 Å². The largest absolute Gasteiger partial charge is 0.143 e. The summed E-state index contributed by atoms with van der Waals surface area (Å²) in [6.45, 7) is 0. The van der Waals surface area contributed by atoms with Crippen LogP contribution in [0.2, 0.25) is 0 Å². The van der Waals surface area contributed by atoms with Gasteiger partial charge in [-0.05, 0) is 41.3 Å². The standard InChI is InChI=1S/C10H5Br2S/c11-8-4-7(5-9(12)6-8)10-2-1-3-13-10/h2-6H. The summed E-state index contributed by atoms with van der Waals surface area (Å²) < 4.78 is 2.18. The fourth-order valence-corrected chi connectivity index (χ4v) is 3.04. The maximum Gasteiger partial charge on any atom is 0.0349 e. The van der Waals surface area contributed by atoms with E-state index in [0.29, 0.717) is 0 Å². The summed E-state index contributed by atoms with van der Waals surface area (Å²) >= 11 is 8.62. The van der Waals surface area contributed by atoms with Gasteiger partial charge in [0.1, 0.15) is 0 Å². The minimum atomic E-state index is 1.09. The lowest BCUT2D eigenvalue weighted by atomic mass is 10.2. The van der Waals surface area contributed by atoms with Gasteiger partial charge in [-0.3, -0.25) is 0 Å². The second-order valence-electron chi connectivity index (χ2n) is 2.57. The number of rotatable bonds is 1. The minimum Gasteiger partial charge on any atom is -0.143 e. The van der Waals surface area contributed by atoms with Crippen molar-refractivity contribution in [1.82, 2.24) is 0 Å². The molecule has 0 aliphatic rings. The first-order valence-electron chi connectivity index (χ1n) is 3.67. The highest BCUT2D eigenvalue weighted by Gasteiger charge is 2.00. The Balaban J connectivity index is 2.53. The smallest absolute Gasteiger partial charge is 0.0349 e. The zero-order valence-corrected chi connectivity index (χ0v) is 10.5. The summed E-state index contributed by atoms with van der Waals surface area (Å²) in [5, 5.41) is 1.96. The topological polar surface area (TPSA) is 0 Å². The quantitative estimate of drug-likeness (QED) is 0.713. The third-order valence-corrected chi connectivity index (χ3v) is 3.39. The average molecular weight is 317 g/mol. The predicted molar refractivity (Wildman–Crippen MR) is 64.0 cm³/mol. The van der Waals surface area contributed by atoms with Gasteiger partial charge in [-0.2, -0.15) is 0 Å². The normalized spacial score (nSPS) is 10.3. The SMILES string of the molecule is Brc1cc(Br)cc(-c2c[c]cs2)c1. The van der Waals surface area contributed by atoms with E-state index in [9.17, 15) is 0 Å². The Morgan fingerprint density at radius 2 is 1.77 bits per heavy atom. The van der Waals surface area contributed by atoms with Crippen LogP contribution >= 0.6 is 43.2 Å². The molecule has 0 bridgehead atoms. The molecular formula is C10H5Br2S. The molecule has 0 atom stereocenters. The van der Waals surface area contributed by atoms with Gasteiger partial charge >= 0.3 is 0 Å². The highest BCUT2D eigenvalue weighted by Crippen LogP contribution is 2.30. The van der Waals surface area contributed by atoms with Crippen molar-refractivity contribution >= 4 is 43.2 Å². The van der Waals surface area contributed by atoms with Crippen LogP contribution in [0.3, 0.4) is 0 Å². The molecule has 2 aromatic rings. The Hall–Kier alpha value is -0.120. The van der Waals surface area contributed by atoms with E-state index in [1.807, 2.05) is 17.5 Å². The second kappa shape index (κ2) is 3.95. The van der Waals surface area contributed by atoms with E-state index in [-0.39, 0.29) is 0 Å². The fourth-order valence-electron chi connectivity index (χ4n) is 1.09. The van der Waals surface area contributed by atoms with Gasteiger partial charge in [0.2, 0.25) is 0 Å². The van der Waals surface area contributed by atoms with E-state index in [2.05, 4.69) is 50.1 Å². The summed E-state index contributed by atoms with van der Waals surface area (Å²) in [6, 6.07) is 11.3. The fraction of sp³-hybridized carbons (Fsp3) is 0. The van der Waals surface area contributed by atoms with Crippen LogP contribution in [0.1, 0.15) is 0 Å². The van der Waals surface area contributed by atoms with Crippen LogP contribution < -0.4 is 0 Å². The molecular weight excluding hydrogens is 312 g/mol.